The van der Waals surface area contributed by atoms with Crippen molar-refractivity contribution in [2.45, 2.75) is 43.9 Å². The van der Waals surface area contributed by atoms with Crippen molar-refractivity contribution in [2.75, 3.05) is 12.3 Å². The normalized spacial score (nSPS) is 23.7. The van der Waals surface area contributed by atoms with Gasteiger partial charge >= 0.3 is 0 Å². The van der Waals surface area contributed by atoms with Crippen LogP contribution in [0.2, 0.25) is 0 Å². The maximum atomic E-state index is 11.4. The van der Waals surface area contributed by atoms with Gasteiger partial charge in [-0.25, -0.2) is 0 Å². The number of thiol groups is 1. The molecule has 3 rings (SSSR count). The highest BCUT2D eigenvalue weighted by Crippen LogP contribution is 2.32. The van der Waals surface area contributed by atoms with E-state index in [9.17, 15) is 10.2 Å². The minimum absolute atomic E-state index is 0.317. The third kappa shape index (κ3) is 5.45. The number of aryl methyl sites for hydroxylation is 1. The molecule has 144 valence electrons. The first kappa shape index (κ1) is 20.2. The standard InChI is InChI=1S/C23H29NO2S/c25-21-13-14-24-23(26,16-21)22(15-19-9-5-2-6-10-19)20(17-27)12-11-18-7-3-1-4-8-18/h1-10,21,24-27H,11-17H2/b22-20-. The first-order valence-corrected chi connectivity index (χ1v) is 10.3. The predicted molar refractivity (Wildman–Crippen MR) is 114 cm³/mol. The van der Waals surface area contributed by atoms with Gasteiger partial charge in [0.15, 0.2) is 0 Å². The van der Waals surface area contributed by atoms with Crippen LogP contribution in [0, 0.1) is 0 Å². The van der Waals surface area contributed by atoms with Crippen LogP contribution in [0.1, 0.15) is 30.4 Å². The van der Waals surface area contributed by atoms with Crippen LogP contribution in [0.4, 0.5) is 0 Å². The van der Waals surface area contributed by atoms with E-state index in [0.717, 1.165) is 29.6 Å². The molecule has 3 N–H and O–H groups in total. The number of rotatable bonds is 7. The summed E-state index contributed by atoms with van der Waals surface area (Å²) in [5.74, 6) is 0.592. The van der Waals surface area contributed by atoms with Gasteiger partial charge in [-0.05, 0) is 42.4 Å². The molecule has 0 spiro atoms. The van der Waals surface area contributed by atoms with Gasteiger partial charge < -0.3 is 10.2 Å². The number of hydrogen-bond donors (Lipinski definition) is 4. The lowest BCUT2D eigenvalue weighted by Crippen LogP contribution is -2.54. The molecule has 27 heavy (non-hydrogen) atoms. The lowest BCUT2D eigenvalue weighted by molar-refractivity contribution is -0.0370. The SMILES string of the molecule is OC1CCNC(O)(/C(Cc2ccccc2)=C(\CS)CCc2ccccc2)C1. The highest BCUT2D eigenvalue weighted by Gasteiger charge is 2.38. The van der Waals surface area contributed by atoms with Crippen molar-refractivity contribution in [3.8, 4) is 0 Å². The molecule has 1 fully saturated rings. The Morgan fingerprint density at radius 3 is 2.26 bits per heavy atom. The highest BCUT2D eigenvalue weighted by molar-refractivity contribution is 7.80. The Morgan fingerprint density at radius 1 is 1.04 bits per heavy atom. The van der Waals surface area contributed by atoms with Crippen LogP contribution in [-0.2, 0) is 12.8 Å². The van der Waals surface area contributed by atoms with Crippen LogP contribution >= 0.6 is 12.6 Å². The second-order valence-electron chi connectivity index (χ2n) is 7.32. The van der Waals surface area contributed by atoms with E-state index in [2.05, 4.69) is 54.3 Å². The molecule has 4 heteroatoms. The van der Waals surface area contributed by atoms with E-state index in [4.69, 9.17) is 0 Å². The number of aliphatic hydroxyl groups excluding tert-OH is 1. The second kappa shape index (κ2) is 9.56. The molecule has 1 aliphatic rings. The average Bonchev–Trinajstić information content (AvgIpc) is 2.69. The topological polar surface area (TPSA) is 52.5 Å². The highest BCUT2D eigenvalue weighted by atomic mass is 32.1. The van der Waals surface area contributed by atoms with Gasteiger partial charge in [0.25, 0.3) is 0 Å². The van der Waals surface area contributed by atoms with Crippen LogP contribution in [0.15, 0.2) is 71.8 Å². The molecule has 0 aliphatic carbocycles. The van der Waals surface area contributed by atoms with E-state index in [1.807, 2.05) is 24.3 Å². The summed E-state index contributed by atoms with van der Waals surface area (Å²) in [7, 11) is 0. The summed E-state index contributed by atoms with van der Waals surface area (Å²) >= 11 is 4.59. The van der Waals surface area contributed by atoms with E-state index in [-0.39, 0.29) is 0 Å². The van der Waals surface area contributed by atoms with Gasteiger partial charge in [-0.2, -0.15) is 12.6 Å². The monoisotopic (exact) mass is 383 g/mol. The van der Waals surface area contributed by atoms with Gasteiger partial charge in [-0.3, -0.25) is 5.32 Å². The quantitative estimate of drug-likeness (QED) is 0.437. The van der Waals surface area contributed by atoms with Crippen molar-refractivity contribution in [1.82, 2.24) is 5.32 Å². The fourth-order valence-electron chi connectivity index (χ4n) is 3.82. The Kier molecular flexibility index (Phi) is 7.13. The molecule has 0 amide bonds. The van der Waals surface area contributed by atoms with Gasteiger partial charge in [0.05, 0.1) is 6.10 Å². The maximum Gasteiger partial charge on any atom is 0.141 e. The Labute approximate surface area is 167 Å². The molecule has 1 aliphatic heterocycles. The van der Waals surface area contributed by atoms with Crippen molar-refractivity contribution in [2.24, 2.45) is 0 Å². The van der Waals surface area contributed by atoms with Crippen molar-refractivity contribution in [3.63, 3.8) is 0 Å². The summed E-state index contributed by atoms with van der Waals surface area (Å²) in [6, 6.07) is 20.6. The molecular weight excluding hydrogens is 354 g/mol. The van der Waals surface area contributed by atoms with Crippen LogP contribution < -0.4 is 5.32 Å². The first-order chi connectivity index (χ1) is 13.1. The molecule has 2 atom stereocenters. The summed E-state index contributed by atoms with van der Waals surface area (Å²) in [4.78, 5) is 0. The summed E-state index contributed by atoms with van der Waals surface area (Å²) < 4.78 is 0. The maximum absolute atomic E-state index is 11.4. The molecule has 0 radical (unpaired) electrons. The van der Waals surface area contributed by atoms with Crippen LogP contribution in [0.3, 0.4) is 0 Å². The second-order valence-corrected chi connectivity index (χ2v) is 7.64. The molecule has 1 saturated heterocycles. The smallest absolute Gasteiger partial charge is 0.141 e. The average molecular weight is 384 g/mol. The molecule has 2 unspecified atom stereocenters. The van der Waals surface area contributed by atoms with E-state index in [0.29, 0.717) is 31.6 Å². The fourth-order valence-corrected chi connectivity index (χ4v) is 4.17. The largest absolute Gasteiger partial charge is 0.393 e. The summed E-state index contributed by atoms with van der Waals surface area (Å²) in [6.45, 7) is 0.606. The Morgan fingerprint density at radius 2 is 1.67 bits per heavy atom. The fraction of sp³-hybridized carbons (Fsp3) is 0.391. The third-order valence-corrected chi connectivity index (χ3v) is 5.71. The molecule has 1 heterocycles. The molecule has 0 bridgehead atoms. The Bertz CT molecular complexity index is 747. The van der Waals surface area contributed by atoms with E-state index in [1.165, 1.54) is 5.56 Å². The molecule has 3 nitrogen and oxygen atoms in total. The van der Waals surface area contributed by atoms with Crippen LogP contribution in [0.25, 0.3) is 0 Å². The zero-order valence-corrected chi connectivity index (χ0v) is 16.5. The van der Waals surface area contributed by atoms with Gasteiger partial charge in [0.2, 0.25) is 0 Å². The van der Waals surface area contributed by atoms with Crippen molar-refractivity contribution in [3.05, 3.63) is 82.9 Å². The molecule has 2 aromatic carbocycles. The van der Waals surface area contributed by atoms with Crippen molar-refractivity contribution >= 4 is 12.6 Å². The van der Waals surface area contributed by atoms with Crippen molar-refractivity contribution < 1.29 is 10.2 Å². The minimum atomic E-state index is -1.18. The third-order valence-electron chi connectivity index (χ3n) is 5.32. The predicted octanol–water partition coefficient (Wildman–Crippen LogP) is 3.52. The lowest BCUT2D eigenvalue weighted by atomic mass is 9.83. The zero-order chi connectivity index (χ0) is 19.1. The van der Waals surface area contributed by atoms with E-state index in [1.54, 1.807) is 0 Å². The molecule has 2 aromatic rings. The summed E-state index contributed by atoms with van der Waals surface area (Å²) in [6.07, 6.45) is 2.90. The number of hydrogen-bond acceptors (Lipinski definition) is 4. The van der Waals surface area contributed by atoms with Crippen molar-refractivity contribution in [1.29, 1.82) is 0 Å². The molecule has 0 aromatic heterocycles. The van der Waals surface area contributed by atoms with Crippen LogP contribution in [0.5, 0.6) is 0 Å². The Hall–Kier alpha value is -1.59. The number of piperidine rings is 1. The number of nitrogens with one attached hydrogen (secondary N) is 1. The summed E-state index contributed by atoms with van der Waals surface area (Å²) in [5, 5.41) is 24.8. The minimum Gasteiger partial charge on any atom is -0.393 e. The van der Waals surface area contributed by atoms with E-state index >= 15 is 0 Å². The molecular formula is C23H29NO2S. The van der Waals surface area contributed by atoms with Gasteiger partial charge in [0.1, 0.15) is 5.72 Å². The van der Waals surface area contributed by atoms with Crippen LogP contribution in [-0.4, -0.2) is 34.3 Å². The lowest BCUT2D eigenvalue weighted by Gasteiger charge is -2.39. The zero-order valence-electron chi connectivity index (χ0n) is 15.6. The Balaban J connectivity index is 1.91. The first-order valence-electron chi connectivity index (χ1n) is 9.66. The summed E-state index contributed by atoms with van der Waals surface area (Å²) in [5.41, 5.74) is 3.36. The number of aliphatic hydroxyl groups is 2. The molecule has 0 saturated carbocycles. The van der Waals surface area contributed by atoms with Gasteiger partial charge in [0, 0.05) is 18.7 Å². The number of benzene rings is 2. The van der Waals surface area contributed by atoms with E-state index < -0.39 is 11.8 Å². The van der Waals surface area contributed by atoms with Gasteiger partial charge in [-0.15, -0.1) is 0 Å². The van der Waals surface area contributed by atoms with Gasteiger partial charge in [-0.1, -0.05) is 66.2 Å².